The van der Waals surface area contributed by atoms with Gasteiger partial charge in [-0.1, -0.05) is 12.1 Å². The molecule has 2 aromatic rings. The van der Waals surface area contributed by atoms with Crippen molar-refractivity contribution in [3.63, 3.8) is 0 Å². The lowest BCUT2D eigenvalue weighted by Gasteiger charge is -2.11. The van der Waals surface area contributed by atoms with E-state index in [4.69, 9.17) is 12.2 Å². The second kappa shape index (κ2) is 8.60. The summed E-state index contributed by atoms with van der Waals surface area (Å²) in [7, 11) is -3.61. The highest BCUT2D eigenvalue weighted by Gasteiger charge is 2.15. The number of carbonyl (C=O) groups is 1. The van der Waals surface area contributed by atoms with Crippen LogP contribution in [-0.2, 0) is 10.0 Å². The Hall–Kier alpha value is -2.43. The van der Waals surface area contributed by atoms with Crippen molar-refractivity contribution in [2.45, 2.75) is 4.21 Å². The van der Waals surface area contributed by atoms with Gasteiger partial charge in [0.05, 0.1) is 0 Å². The number of amides is 1. The molecule has 7 nitrogen and oxygen atoms in total. The molecule has 0 aliphatic rings. The lowest BCUT2D eigenvalue weighted by atomic mass is 10.2. The SMILES string of the molecule is C=CCNC(=S)NNC(=O)c1ccc(NS(=O)(=O)c2cccs2)cc1. The van der Waals surface area contributed by atoms with Gasteiger partial charge in [0, 0.05) is 17.8 Å². The van der Waals surface area contributed by atoms with Gasteiger partial charge in [0.1, 0.15) is 4.21 Å². The van der Waals surface area contributed by atoms with Crippen LogP contribution in [0.3, 0.4) is 0 Å². The molecule has 0 aliphatic heterocycles. The fraction of sp³-hybridized carbons (Fsp3) is 0.0667. The number of sulfonamides is 1. The van der Waals surface area contributed by atoms with Crippen molar-refractivity contribution in [1.82, 2.24) is 16.2 Å². The number of nitrogens with one attached hydrogen (secondary N) is 4. The number of hydrazine groups is 1. The number of rotatable bonds is 6. The van der Waals surface area contributed by atoms with Gasteiger partial charge in [-0.2, -0.15) is 0 Å². The summed E-state index contributed by atoms with van der Waals surface area (Å²) in [6, 6.07) is 9.20. The van der Waals surface area contributed by atoms with Crippen LogP contribution in [0.1, 0.15) is 10.4 Å². The van der Waals surface area contributed by atoms with Crippen LogP contribution in [-0.4, -0.2) is 26.0 Å². The molecular weight excluding hydrogens is 380 g/mol. The third-order valence-corrected chi connectivity index (χ3v) is 5.88. The Balaban J connectivity index is 1.94. The van der Waals surface area contributed by atoms with E-state index in [0.29, 0.717) is 17.8 Å². The van der Waals surface area contributed by atoms with Crippen LogP contribution >= 0.6 is 23.6 Å². The summed E-state index contributed by atoms with van der Waals surface area (Å²) >= 11 is 6.07. The molecule has 0 radical (unpaired) electrons. The minimum absolute atomic E-state index is 0.221. The average Bonchev–Trinajstić information content (AvgIpc) is 3.13. The van der Waals surface area contributed by atoms with Crippen LogP contribution in [0.5, 0.6) is 0 Å². The molecule has 0 bridgehead atoms. The van der Waals surface area contributed by atoms with E-state index in [1.807, 2.05) is 0 Å². The molecule has 0 aliphatic carbocycles. The number of benzene rings is 1. The number of hydrogen-bond acceptors (Lipinski definition) is 5. The van der Waals surface area contributed by atoms with Crippen molar-refractivity contribution in [2.75, 3.05) is 11.3 Å². The van der Waals surface area contributed by atoms with E-state index in [1.165, 1.54) is 30.3 Å². The molecule has 0 unspecified atom stereocenters. The van der Waals surface area contributed by atoms with Crippen molar-refractivity contribution in [1.29, 1.82) is 0 Å². The number of thiocarbonyl (C=S) groups is 1. The zero-order chi connectivity index (χ0) is 18.3. The largest absolute Gasteiger partial charge is 0.358 e. The maximum atomic E-state index is 12.1. The van der Waals surface area contributed by atoms with Gasteiger partial charge in [0.2, 0.25) is 0 Å². The fourth-order valence-corrected chi connectivity index (χ4v) is 3.89. The van der Waals surface area contributed by atoms with E-state index >= 15 is 0 Å². The van der Waals surface area contributed by atoms with Gasteiger partial charge in [0.25, 0.3) is 15.9 Å². The molecule has 1 amide bonds. The van der Waals surface area contributed by atoms with E-state index < -0.39 is 15.9 Å². The summed E-state index contributed by atoms with van der Waals surface area (Å²) in [5.74, 6) is -0.407. The quantitative estimate of drug-likeness (QED) is 0.338. The number of hydrogen-bond donors (Lipinski definition) is 4. The molecule has 0 atom stereocenters. The minimum Gasteiger partial charge on any atom is -0.358 e. The maximum Gasteiger partial charge on any atom is 0.271 e. The summed E-state index contributed by atoms with van der Waals surface area (Å²) < 4.78 is 26.9. The van der Waals surface area contributed by atoms with Crippen LogP contribution in [0.25, 0.3) is 0 Å². The lowest BCUT2D eigenvalue weighted by molar-refractivity contribution is 0.0943. The normalized spacial score (nSPS) is 10.6. The Morgan fingerprint density at radius 3 is 2.52 bits per heavy atom. The summed E-state index contributed by atoms with van der Waals surface area (Å²) in [5.41, 5.74) is 5.69. The predicted octanol–water partition coefficient (Wildman–Crippen LogP) is 1.84. The first-order valence-corrected chi connectivity index (χ1v) is 9.81. The fourth-order valence-electron chi connectivity index (χ4n) is 1.71. The lowest BCUT2D eigenvalue weighted by Crippen LogP contribution is -2.46. The molecule has 0 spiro atoms. The third-order valence-electron chi connectivity index (χ3n) is 2.86. The first kappa shape index (κ1) is 18.9. The summed E-state index contributed by atoms with van der Waals surface area (Å²) in [5, 5.41) is 4.74. The highest BCUT2D eigenvalue weighted by atomic mass is 32.2. The monoisotopic (exact) mass is 396 g/mol. The highest BCUT2D eigenvalue weighted by Crippen LogP contribution is 2.20. The molecule has 2 rings (SSSR count). The molecule has 0 saturated carbocycles. The van der Waals surface area contributed by atoms with Crippen molar-refractivity contribution < 1.29 is 13.2 Å². The molecule has 0 fully saturated rings. The minimum atomic E-state index is -3.61. The molecule has 1 heterocycles. The summed E-state index contributed by atoms with van der Waals surface area (Å²) in [4.78, 5) is 12.0. The zero-order valence-corrected chi connectivity index (χ0v) is 15.4. The van der Waals surface area contributed by atoms with Crippen molar-refractivity contribution in [2.24, 2.45) is 0 Å². The van der Waals surface area contributed by atoms with E-state index in [0.717, 1.165) is 11.3 Å². The van der Waals surface area contributed by atoms with Crippen LogP contribution < -0.4 is 20.9 Å². The Labute approximate surface area is 155 Å². The molecule has 10 heteroatoms. The Bertz CT molecular complexity index is 847. The van der Waals surface area contributed by atoms with Crippen LogP contribution in [0.2, 0.25) is 0 Å². The van der Waals surface area contributed by atoms with Crippen LogP contribution in [0, 0.1) is 0 Å². The molecule has 4 N–H and O–H groups in total. The van der Waals surface area contributed by atoms with Crippen molar-refractivity contribution in [3.8, 4) is 0 Å². The second-order valence-electron chi connectivity index (χ2n) is 4.69. The number of thiophene rings is 1. The van der Waals surface area contributed by atoms with E-state index in [1.54, 1.807) is 17.5 Å². The van der Waals surface area contributed by atoms with E-state index in [-0.39, 0.29) is 9.32 Å². The van der Waals surface area contributed by atoms with Crippen LogP contribution in [0.15, 0.2) is 58.6 Å². The highest BCUT2D eigenvalue weighted by molar-refractivity contribution is 7.94. The van der Waals surface area contributed by atoms with Gasteiger partial charge < -0.3 is 5.32 Å². The molecule has 1 aromatic carbocycles. The number of carbonyl (C=O) groups excluding carboxylic acids is 1. The van der Waals surface area contributed by atoms with Gasteiger partial charge in [0.15, 0.2) is 5.11 Å². The molecule has 132 valence electrons. The third kappa shape index (κ3) is 5.55. The Morgan fingerprint density at radius 2 is 1.92 bits per heavy atom. The number of anilines is 1. The van der Waals surface area contributed by atoms with Crippen LogP contribution in [0.4, 0.5) is 5.69 Å². The van der Waals surface area contributed by atoms with Crippen molar-refractivity contribution >= 4 is 50.3 Å². The molecule has 1 aromatic heterocycles. The Kier molecular flexibility index (Phi) is 6.51. The molecular formula is C15H16N4O3S3. The first-order valence-electron chi connectivity index (χ1n) is 7.04. The van der Waals surface area contributed by atoms with Gasteiger partial charge in [-0.3, -0.25) is 20.4 Å². The van der Waals surface area contributed by atoms with Crippen molar-refractivity contribution in [3.05, 3.63) is 60.0 Å². The standard InChI is InChI=1S/C15H16N4O3S3/c1-2-9-16-15(23)18-17-14(20)11-5-7-12(8-6-11)19-25(21,22)13-4-3-10-24-13/h2-8,10,19H,1,9H2,(H,17,20)(H2,16,18,23). The molecule has 0 saturated heterocycles. The smallest absolute Gasteiger partial charge is 0.271 e. The summed E-state index contributed by atoms with van der Waals surface area (Å²) in [6.45, 7) is 4.01. The maximum absolute atomic E-state index is 12.1. The second-order valence-corrected chi connectivity index (χ2v) is 7.96. The zero-order valence-electron chi connectivity index (χ0n) is 13.0. The Morgan fingerprint density at radius 1 is 1.20 bits per heavy atom. The van der Waals surface area contributed by atoms with Gasteiger partial charge >= 0.3 is 0 Å². The van der Waals surface area contributed by atoms with Gasteiger partial charge in [-0.15, -0.1) is 17.9 Å². The van der Waals surface area contributed by atoms with E-state index in [2.05, 4.69) is 27.5 Å². The summed E-state index contributed by atoms with van der Waals surface area (Å²) in [6.07, 6.45) is 1.63. The predicted molar refractivity (Wildman–Crippen MR) is 103 cm³/mol. The average molecular weight is 397 g/mol. The van der Waals surface area contributed by atoms with Gasteiger partial charge in [-0.25, -0.2) is 8.42 Å². The first-order chi connectivity index (χ1) is 11.9. The van der Waals surface area contributed by atoms with E-state index in [9.17, 15) is 13.2 Å². The molecule has 25 heavy (non-hydrogen) atoms. The van der Waals surface area contributed by atoms with Gasteiger partial charge in [-0.05, 0) is 47.9 Å². The topological polar surface area (TPSA) is 99.3 Å².